The second-order valence-corrected chi connectivity index (χ2v) is 11.4. The van der Waals surface area contributed by atoms with Gasteiger partial charge < -0.3 is 15.0 Å². The minimum atomic E-state index is -4.18. The summed E-state index contributed by atoms with van der Waals surface area (Å²) in [5.74, 6) is -0.442. The Morgan fingerprint density at radius 3 is 2.05 bits per heavy atom. The Hall–Kier alpha value is -3.85. The molecule has 3 aromatic rings. The lowest BCUT2D eigenvalue weighted by molar-refractivity contribution is -0.140. The molecule has 0 bridgehead atoms. The molecule has 8 nitrogen and oxygen atoms in total. The highest BCUT2D eigenvalue weighted by Crippen LogP contribution is 2.33. The van der Waals surface area contributed by atoms with Crippen molar-refractivity contribution in [3.8, 4) is 5.75 Å². The zero-order valence-corrected chi connectivity index (χ0v) is 24.7. The molecule has 0 aliphatic rings. The Kier molecular flexibility index (Phi) is 10.7. The van der Waals surface area contributed by atoms with Crippen molar-refractivity contribution in [2.45, 2.75) is 58.5 Å². The molecule has 0 aromatic heterocycles. The second-order valence-electron chi connectivity index (χ2n) is 9.55. The predicted molar refractivity (Wildman–Crippen MR) is 158 cm³/mol. The van der Waals surface area contributed by atoms with E-state index in [0.29, 0.717) is 25.3 Å². The molecule has 0 aliphatic heterocycles. The van der Waals surface area contributed by atoms with E-state index in [1.165, 1.54) is 17.0 Å². The number of para-hydroxylation sites is 2. The first-order valence-electron chi connectivity index (χ1n) is 13.6. The Bertz CT molecular complexity index is 1390. The maximum atomic E-state index is 14.1. The Morgan fingerprint density at radius 1 is 0.875 bits per heavy atom. The number of nitrogens with zero attached hydrogens (tertiary/aromatic N) is 2. The number of hydrogen-bond donors (Lipinski definition) is 1. The van der Waals surface area contributed by atoms with Crippen molar-refractivity contribution in [3.63, 3.8) is 0 Å². The summed E-state index contributed by atoms with van der Waals surface area (Å²) in [6.45, 7) is 9.68. The highest BCUT2D eigenvalue weighted by Gasteiger charge is 2.34. The fourth-order valence-electron chi connectivity index (χ4n) is 4.39. The predicted octanol–water partition coefficient (Wildman–Crippen LogP) is 4.84. The van der Waals surface area contributed by atoms with Crippen LogP contribution in [-0.4, -0.2) is 50.9 Å². The van der Waals surface area contributed by atoms with Crippen LogP contribution < -0.4 is 14.4 Å². The molecule has 214 valence electrons. The summed E-state index contributed by atoms with van der Waals surface area (Å²) >= 11 is 0. The first-order chi connectivity index (χ1) is 19.1. The topological polar surface area (TPSA) is 96.0 Å². The number of aryl methyl sites for hydroxylation is 2. The van der Waals surface area contributed by atoms with Gasteiger partial charge in [-0.15, -0.1) is 0 Å². The van der Waals surface area contributed by atoms with Crippen LogP contribution in [0.3, 0.4) is 0 Å². The highest BCUT2D eigenvalue weighted by atomic mass is 32.2. The van der Waals surface area contributed by atoms with Crippen molar-refractivity contribution >= 4 is 27.5 Å². The SMILES string of the molecule is CCNC(=O)[C@H](CC)N(Cc1ccc(C)cc1)C(=O)CN(c1ccccc1OCC)S(=O)(=O)c1ccc(C)cc1. The minimum Gasteiger partial charge on any atom is -0.492 e. The van der Waals surface area contributed by atoms with Gasteiger partial charge in [0.05, 0.1) is 17.2 Å². The first-order valence-corrected chi connectivity index (χ1v) is 15.0. The van der Waals surface area contributed by atoms with Crippen molar-refractivity contribution in [2.75, 3.05) is 24.0 Å². The molecule has 3 aromatic carbocycles. The first kappa shape index (κ1) is 30.7. The summed E-state index contributed by atoms with van der Waals surface area (Å²) in [4.78, 5) is 28.7. The molecular formula is C31H39N3O5S. The van der Waals surface area contributed by atoms with Gasteiger partial charge in [-0.1, -0.05) is 66.6 Å². The lowest BCUT2D eigenvalue weighted by Crippen LogP contribution is -2.52. The van der Waals surface area contributed by atoms with Gasteiger partial charge in [-0.2, -0.15) is 0 Å². The molecule has 2 amide bonds. The van der Waals surface area contributed by atoms with E-state index in [2.05, 4.69) is 5.32 Å². The average molecular weight is 566 g/mol. The van der Waals surface area contributed by atoms with E-state index in [-0.39, 0.29) is 23.0 Å². The fourth-order valence-corrected chi connectivity index (χ4v) is 5.82. The maximum absolute atomic E-state index is 14.1. The smallest absolute Gasteiger partial charge is 0.264 e. The normalized spacial score (nSPS) is 11.9. The van der Waals surface area contributed by atoms with E-state index in [0.717, 1.165) is 21.0 Å². The molecule has 1 atom stereocenters. The van der Waals surface area contributed by atoms with Crippen molar-refractivity contribution in [1.29, 1.82) is 0 Å². The Morgan fingerprint density at radius 2 is 1.48 bits per heavy atom. The van der Waals surface area contributed by atoms with Crippen LogP contribution in [0.25, 0.3) is 0 Å². The van der Waals surface area contributed by atoms with Crippen LogP contribution in [-0.2, 0) is 26.2 Å². The summed E-state index contributed by atoms with van der Waals surface area (Å²) in [5, 5.41) is 2.81. The maximum Gasteiger partial charge on any atom is 0.264 e. The van der Waals surface area contributed by atoms with Gasteiger partial charge in [-0.05, 0) is 63.9 Å². The highest BCUT2D eigenvalue weighted by molar-refractivity contribution is 7.92. The van der Waals surface area contributed by atoms with Gasteiger partial charge in [-0.25, -0.2) is 8.42 Å². The molecule has 1 N–H and O–H groups in total. The number of likely N-dealkylation sites (N-methyl/N-ethyl adjacent to an activating group) is 1. The average Bonchev–Trinajstić information content (AvgIpc) is 2.93. The molecule has 0 aliphatic carbocycles. The quantitative estimate of drug-likeness (QED) is 0.320. The van der Waals surface area contributed by atoms with Gasteiger partial charge in [0, 0.05) is 13.1 Å². The lowest BCUT2D eigenvalue weighted by Gasteiger charge is -2.33. The number of rotatable bonds is 13. The summed E-state index contributed by atoms with van der Waals surface area (Å²) in [5.41, 5.74) is 3.07. The van der Waals surface area contributed by atoms with Gasteiger partial charge in [0.15, 0.2) is 0 Å². The molecule has 0 fully saturated rings. The Labute approximate surface area is 238 Å². The van der Waals surface area contributed by atoms with Crippen LogP contribution in [0, 0.1) is 13.8 Å². The molecule has 0 saturated carbocycles. The van der Waals surface area contributed by atoms with Gasteiger partial charge >= 0.3 is 0 Å². The third kappa shape index (κ3) is 7.41. The van der Waals surface area contributed by atoms with Crippen molar-refractivity contribution < 1.29 is 22.7 Å². The van der Waals surface area contributed by atoms with E-state index in [1.54, 1.807) is 36.4 Å². The van der Waals surface area contributed by atoms with Crippen LogP contribution in [0.2, 0.25) is 0 Å². The van der Waals surface area contributed by atoms with Crippen LogP contribution in [0.15, 0.2) is 77.7 Å². The van der Waals surface area contributed by atoms with E-state index in [4.69, 9.17) is 4.74 Å². The van der Waals surface area contributed by atoms with Crippen LogP contribution in [0.5, 0.6) is 5.75 Å². The van der Waals surface area contributed by atoms with Gasteiger partial charge in [-0.3, -0.25) is 13.9 Å². The summed E-state index contributed by atoms with van der Waals surface area (Å²) in [6, 6.07) is 20.2. The van der Waals surface area contributed by atoms with E-state index in [9.17, 15) is 18.0 Å². The molecule has 0 unspecified atom stereocenters. The molecule has 9 heteroatoms. The molecule has 0 radical (unpaired) electrons. The van der Waals surface area contributed by atoms with Gasteiger partial charge in [0.2, 0.25) is 11.8 Å². The lowest BCUT2D eigenvalue weighted by atomic mass is 10.1. The summed E-state index contributed by atoms with van der Waals surface area (Å²) in [6.07, 6.45) is 0.365. The number of hydrogen-bond acceptors (Lipinski definition) is 5. The fraction of sp³-hybridized carbons (Fsp3) is 0.355. The molecule has 0 heterocycles. The molecule has 0 spiro atoms. The number of anilines is 1. The number of nitrogens with one attached hydrogen (secondary N) is 1. The van der Waals surface area contributed by atoms with Crippen LogP contribution in [0.4, 0.5) is 5.69 Å². The third-order valence-electron chi connectivity index (χ3n) is 6.53. The van der Waals surface area contributed by atoms with E-state index < -0.39 is 28.5 Å². The number of carbonyl (C=O) groups is 2. The number of sulfonamides is 1. The van der Waals surface area contributed by atoms with Crippen LogP contribution in [0.1, 0.15) is 43.9 Å². The Balaban J connectivity index is 2.10. The zero-order valence-electron chi connectivity index (χ0n) is 23.9. The largest absolute Gasteiger partial charge is 0.492 e. The number of ether oxygens (including phenoxy) is 1. The molecule has 0 saturated heterocycles. The number of amides is 2. The van der Waals surface area contributed by atoms with Gasteiger partial charge in [0.1, 0.15) is 18.3 Å². The summed E-state index contributed by atoms with van der Waals surface area (Å²) < 4.78 is 34.9. The molecule has 3 rings (SSSR count). The van der Waals surface area contributed by atoms with Crippen molar-refractivity contribution in [3.05, 3.63) is 89.5 Å². The van der Waals surface area contributed by atoms with Crippen LogP contribution >= 0.6 is 0 Å². The van der Waals surface area contributed by atoms with Gasteiger partial charge in [0.25, 0.3) is 10.0 Å². The third-order valence-corrected chi connectivity index (χ3v) is 8.31. The van der Waals surface area contributed by atoms with Crippen molar-refractivity contribution in [1.82, 2.24) is 10.2 Å². The van der Waals surface area contributed by atoms with E-state index >= 15 is 0 Å². The van der Waals surface area contributed by atoms with E-state index in [1.807, 2.05) is 58.9 Å². The second kappa shape index (κ2) is 14.0. The zero-order chi connectivity index (χ0) is 29.3. The minimum absolute atomic E-state index is 0.0538. The number of carbonyl (C=O) groups excluding carboxylic acids is 2. The standard InChI is InChI=1S/C31H39N3O5S/c1-6-27(31(36)32-7-2)33(21-25-17-13-23(4)14-18-25)30(35)22-34(28-11-9-10-12-29(28)39-8-3)40(37,38)26-19-15-24(5)16-20-26/h9-20,27H,6-8,21-22H2,1-5H3,(H,32,36)/t27-/m0/s1. The molecule has 40 heavy (non-hydrogen) atoms. The molecular weight excluding hydrogens is 526 g/mol. The summed E-state index contributed by atoms with van der Waals surface area (Å²) in [7, 11) is -4.18. The van der Waals surface area contributed by atoms with Crippen molar-refractivity contribution in [2.24, 2.45) is 0 Å². The number of benzene rings is 3. The monoisotopic (exact) mass is 565 g/mol.